The monoisotopic (exact) mass is 699 g/mol. The Morgan fingerprint density at radius 3 is 1.45 bits per heavy atom. The molecular weight excluding hydrogens is 671 g/mol. The van der Waals surface area contributed by atoms with Crippen LogP contribution in [0.15, 0.2) is 176 Å². The molecule has 0 aliphatic rings. The van der Waals surface area contributed by atoms with Gasteiger partial charge in [0, 0.05) is 60.3 Å². The molecule has 3 aromatic heterocycles. The van der Waals surface area contributed by atoms with Crippen molar-refractivity contribution in [1.82, 2.24) is 13.7 Å². The molecule has 11 aromatic rings. The van der Waals surface area contributed by atoms with Crippen LogP contribution in [0.3, 0.4) is 0 Å². The molecule has 55 heavy (non-hydrogen) atoms. The SMILES string of the molecule is [C-]#[N+]c1ccc2c3ccccc3n(-c3ccc(C#N)c(-c4ccccc4-n4c5ccccc5c5ccc(-n6c7ccccc7c7ccccc76)cc54)c3)c2c1. The van der Waals surface area contributed by atoms with E-state index in [-0.39, 0.29) is 0 Å². The normalized spacial score (nSPS) is 11.6. The number of hydrogen-bond donors (Lipinski definition) is 0. The first kappa shape index (κ1) is 30.7. The van der Waals surface area contributed by atoms with Gasteiger partial charge in [-0.1, -0.05) is 109 Å². The zero-order chi connectivity index (χ0) is 36.6. The molecule has 0 bridgehead atoms. The summed E-state index contributed by atoms with van der Waals surface area (Å²) in [4.78, 5) is 3.75. The molecular formula is C50H29N5. The van der Waals surface area contributed by atoms with E-state index in [9.17, 15) is 5.26 Å². The minimum atomic E-state index is 0.586. The highest BCUT2D eigenvalue weighted by Crippen LogP contribution is 2.41. The molecule has 254 valence electrons. The average Bonchev–Trinajstić information content (AvgIpc) is 3.88. The summed E-state index contributed by atoms with van der Waals surface area (Å²) in [6.45, 7) is 7.74. The standard InChI is InChI=1S/C50H29N5/c1-52-33-23-26-41-38-14-4-9-19-46(38)54(49(41)28-33)34-24-22-32(31-51)43(29-34)40-16-6-11-21-48(40)55-47-20-10-5-15-39(47)42-27-25-35(30-50(42)55)53-44-17-7-2-12-36(44)37-13-3-8-18-45(37)53/h2-30H. The van der Waals surface area contributed by atoms with Gasteiger partial charge >= 0.3 is 0 Å². The van der Waals surface area contributed by atoms with Gasteiger partial charge in [-0.3, -0.25) is 0 Å². The summed E-state index contributed by atoms with van der Waals surface area (Å²) < 4.78 is 6.93. The molecule has 0 aliphatic heterocycles. The third kappa shape index (κ3) is 4.45. The molecule has 5 heteroatoms. The third-order valence-electron chi connectivity index (χ3n) is 11.1. The molecule has 0 amide bonds. The van der Waals surface area contributed by atoms with Gasteiger partial charge in [-0.15, -0.1) is 0 Å². The van der Waals surface area contributed by atoms with Crippen LogP contribution in [0.5, 0.6) is 0 Å². The molecule has 11 rings (SSSR count). The smallest absolute Gasteiger partial charge is 0.189 e. The lowest BCUT2D eigenvalue weighted by atomic mass is 9.97. The zero-order valence-corrected chi connectivity index (χ0v) is 29.5. The van der Waals surface area contributed by atoms with E-state index in [1.807, 2.05) is 48.5 Å². The molecule has 0 radical (unpaired) electrons. The van der Waals surface area contributed by atoms with Crippen LogP contribution in [0.4, 0.5) is 5.69 Å². The van der Waals surface area contributed by atoms with E-state index in [1.165, 1.54) is 10.8 Å². The summed E-state index contributed by atoms with van der Waals surface area (Å²) >= 11 is 0. The Balaban J connectivity index is 1.18. The largest absolute Gasteiger partial charge is 0.310 e. The van der Waals surface area contributed by atoms with Crippen molar-refractivity contribution >= 4 is 71.1 Å². The van der Waals surface area contributed by atoms with Gasteiger partial charge in [-0.05, 0) is 66.7 Å². The molecule has 3 heterocycles. The summed E-state index contributed by atoms with van der Waals surface area (Å²) in [7, 11) is 0. The van der Waals surface area contributed by atoms with Crippen molar-refractivity contribution in [3.63, 3.8) is 0 Å². The number of rotatable bonds is 4. The third-order valence-corrected chi connectivity index (χ3v) is 11.1. The topological polar surface area (TPSA) is 42.9 Å². The second kappa shape index (κ2) is 11.8. The zero-order valence-electron chi connectivity index (χ0n) is 29.5. The van der Waals surface area contributed by atoms with Gasteiger partial charge in [0.05, 0.1) is 51.5 Å². The van der Waals surface area contributed by atoms with E-state index in [0.29, 0.717) is 11.3 Å². The maximum Gasteiger partial charge on any atom is 0.189 e. The van der Waals surface area contributed by atoms with Gasteiger partial charge in [0.25, 0.3) is 0 Å². The predicted octanol–water partition coefficient (Wildman–Crippen LogP) is 13.1. The van der Waals surface area contributed by atoms with Crippen molar-refractivity contribution in [2.75, 3.05) is 0 Å². The van der Waals surface area contributed by atoms with Gasteiger partial charge in [-0.2, -0.15) is 5.26 Å². The van der Waals surface area contributed by atoms with Crippen LogP contribution < -0.4 is 0 Å². The quantitative estimate of drug-likeness (QED) is 0.169. The molecule has 0 N–H and O–H groups in total. The molecule has 0 fully saturated rings. The van der Waals surface area contributed by atoms with E-state index in [0.717, 1.165) is 82.8 Å². The number of para-hydroxylation sites is 5. The predicted molar refractivity (Wildman–Crippen MR) is 226 cm³/mol. The van der Waals surface area contributed by atoms with Crippen molar-refractivity contribution in [3.05, 3.63) is 193 Å². The van der Waals surface area contributed by atoms with Crippen molar-refractivity contribution in [2.45, 2.75) is 0 Å². The lowest BCUT2D eigenvalue weighted by Crippen LogP contribution is -2.01. The number of fused-ring (bicyclic) bond motifs is 9. The Kier molecular flexibility index (Phi) is 6.61. The molecule has 0 aliphatic carbocycles. The van der Waals surface area contributed by atoms with Gasteiger partial charge in [0.15, 0.2) is 5.69 Å². The number of aromatic nitrogens is 3. The fraction of sp³-hybridized carbons (Fsp3) is 0. The summed E-state index contributed by atoms with van der Waals surface area (Å²) in [6, 6.07) is 63.7. The minimum absolute atomic E-state index is 0.586. The van der Waals surface area contributed by atoms with Crippen LogP contribution in [0.1, 0.15) is 5.56 Å². The maximum atomic E-state index is 10.6. The highest BCUT2D eigenvalue weighted by molar-refractivity contribution is 6.13. The Morgan fingerprint density at radius 2 is 0.855 bits per heavy atom. The molecule has 0 unspecified atom stereocenters. The first-order valence-electron chi connectivity index (χ1n) is 18.3. The van der Waals surface area contributed by atoms with Gasteiger partial charge in [0.1, 0.15) is 0 Å². The number of benzene rings is 8. The van der Waals surface area contributed by atoms with Crippen LogP contribution in [-0.2, 0) is 0 Å². The Bertz CT molecular complexity index is 3420. The highest BCUT2D eigenvalue weighted by Gasteiger charge is 2.20. The summed E-state index contributed by atoms with van der Waals surface area (Å²) in [5, 5.41) is 17.6. The summed E-state index contributed by atoms with van der Waals surface area (Å²) in [6.07, 6.45) is 0. The molecule has 0 atom stereocenters. The van der Waals surface area contributed by atoms with E-state index in [4.69, 9.17) is 6.57 Å². The summed E-state index contributed by atoms with van der Waals surface area (Å²) in [5.74, 6) is 0. The second-order valence-electron chi connectivity index (χ2n) is 13.9. The molecule has 0 saturated heterocycles. The second-order valence-corrected chi connectivity index (χ2v) is 13.9. The van der Waals surface area contributed by atoms with Gasteiger partial charge in [0.2, 0.25) is 0 Å². The Morgan fingerprint density at radius 1 is 0.400 bits per heavy atom. The first-order valence-corrected chi connectivity index (χ1v) is 18.3. The van der Waals surface area contributed by atoms with Crippen LogP contribution >= 0.6 is 0 Å². The van der Waals surface area contributed by atoms with Crippen molar-refractivity contribution in [2.24, 2.45) is 0 Å². The maximum absolute atomic E-state index is 10.6. The van der Waals surface area contributed by atoms with Crippen LogP contribution in [0.25, 0.3) is 98.5 Å². The average molecular weight is 700 g/mol. The first-order chi connectivity index (χ1) is 27.2. The Hall–Kier alpha value is -7.86. The lowest BCUT2D eigenvalue weighted by Gasteiger charge is -2.17. The Labute approximate surface area is 316 Å². The van der Waals surface area contributed by atoms with Gasteiger partial charge < -0.3 is 13.7 Å². The number of nitriles is 1. The van der Waals surface area contributed by atoms with Crippen LogP contribution in [0, 0.1) is 17.9 Å². The summed E-state index contributed by atoms with van der Waals surface area (Å²) in [5.41, 5.74) is 12.5. The van der Waals surface area contributed by atoms with Crippen molar-refractivity contribution in [3.8, 4) is 34.3 Å². The number of nitrogens with zero attached hydrogens (tertiary/aromatic N) is 5. The molecule has 0 saturated carbocycles. The van der Waals surface area contributed by atoms with Crippen LogP contribution in [0.2, 0.25) is 0 Å². The van der Waals surface area contributed by atoms with Crippen molar-refractivity contribution < 1.29 is 0 Å². The molecule has 5 nitrogen and oxygen atoms in total. The fourth-order valence-electron chi connectivity index (χ4n) is 8.75. The minimum Gasteiger partial charge on any atom is -0.310 e. The highest BCUT2D eigenvalue weighted by atomic mass is 15.0. The van der Waals surface area contributed by atoms with E-state index < -0.39 is 0 Å². The van der Waals surface area contributed by atoms with Crippen LogP contribution in [-0.4, -0.2) is 13.7 Å². The van der Waals surface area contributed by atoms with E-state index >= 15 is 0 Å². The molecule has 0 spiro atoms. The van der Waals surface area contributed by atoms with E-state index in [1.54, 1.807) is 0 Å². The van der Waals surface area contributed by atoms with Crippen molar-refractivity contribution in [1.29, 1.82) is 5.26 Å². The fourth-order valence-corrected chi connectivity index (χ4v) is 8.75. The molecule has 8 aromatic carbocycles. The lowest BCUT2D eigenvalue weighted by molar-refractivity contribution is 1.15. The van der Waals surface area contributed by atoms with Gasteiger partial charge in [-0.25, -0.2) is 4.85 Å². The number of hydrogen-bond acceptors (Lipinski definition) is 1. The van der Waals surface area contributed by atoms with E-state index in [2.05, 4.69) is 152 Å².